The number of likely N-dealkylation sites (tertiary alicyclic amines) is 1. The molecule has 0 bridgehead atoms. The molecule has 6 nitrogen and oxygen atoms in total. The van der Waals surface area contributed by atoms with Gasteiger partial charge >= 0.3 is 0 Å². The third-order valence-electron chi connectivity index (χ3n) is 4.05. The fourth-order valence-corrected chi connectivity index (χ4v) is 3.70. The molecule has 0 saturated carbocycles. The Kier molecular flexibility index (Phi) is 5.37. The quantitative estimate of drug-likeness (QED) is 0.799. The lowest BCUT2D eigenvalue weighted by atomic mass is 9.88. The highest BCUT2D eigenvalue weighted by molar-refractivity contribution is 7.89. The number of hydrogen-bond acceptors (Lipinski definition) is 6. The van der Waals surface area contributed by atoms with Gasteiger partial charge < -0.3 is 4.52 Å². The minimum absolute atomic E-state index is 0.161. The lowest BCUT2D eigenvalue weighted by Crippen LogP contribution is -2.43. The molecule has 0 aromatic carbocycles. The average Bonchev–Trinajstić information content (AvgIpc) is 2.78. The van der Waals surface area contributed by atoms with E-state index < -0.39 is 9.84 Å². The molecule has 1 aliphatic rings. The van der Waals surface area contributed by atoms with Crippen LogP contribution in [0.15, 0.2) is 4.52 Å². The maximum atomic E-state index is 11.2. The first-order valence-corrected chi connectivity index (χ1v) is 9.68. The second kappa shape index (κ2) is 6.87. The average molecular weight is 315 g/mol. The minimum atomic E-state index is -3.12. The lowest BCUT2D eigenvalue weighted by Gasteiger charge is -2.39. The number of rotatable bonds is 6. The van der Waals surface area contributed by atoms with Crippen LogP contribution in [0.3, 0.4) is 0 Å². The molecule has 1 aliphatic heterocycles. The summed E-state index contributed by atoms with van der Waals surface area (Å²) in [5.41, 5.74) is 0. The zero-order chi connectivity index (χ0) is 15.5. The molecule has 2 atom stereocenters. The van der Waals surface area contributed by atoms with E-state index in [1.54, 1.807) is 0 Å². The molecule has 1 saturated heterocycles. The summed E-state index contributed by atoms with van der Waals surface area (Å²) in [6.07, 6.45) is 5.96. The Hall–Kier alpha value is -0.950. The van der Waals surface area contributed by atoms with E-state index in [2.05, 4.69) is 28.9 Å². The Balaban J connectivity index is 2.02. The standard InChI is InChI=1S/C14H25N3O3S/c1-4-6-12-11(2)7-5-8-17(12)9-14-15-13(16-20-14)10-21(3,18)19/h11-12H,4-10H2,1-3H3. The lowest BCUT2D eigenvalue weighted by molar-refractivity contribution is 0.0756. The summed E-state index contributed by atoms with van der Waals surface area (Å²) in [6.45, 7) is 6.16. The molecule has 21 heavy (non-hydrogen) atoms. The smallest absolute Gasteiger partial charge is 0.240 e. The molecule has 1 aromatic heterocycles. The van der Waals surface area contributed by atoms with Crippen LogP contribution in [0.4, 0.5) is 0 Å². The van der Waals surface area contributed by atoms with E-state index in [4.69, 9.17) is 4.52 Å². The van der Waals surface area contributed by atoms with Crippen molar-refractivity contribution in [2.45, 2.75) is 57.9 Å². The minimum Gasteiger partial charge on any atom is -0.338 e. The fraction of sp³-hybridized carbons (Fsp3) is 0.857. The fourth-order valence-electron chi connectivity index (χ4n) is 3.11. The first-order chi connectivity index (χ1) is 9.89. The van der Waals surface area contributed by atoms with Crippen LogP contribution < -0.4 is 0 Å². The van der Waals surface area contributed by atoms with Gasteiger partial charge in [0.1, 0.15) is 5.75 Å². The van der Waals surface area contributed by atoms with Crippen molar-refractivity contribution in [2.75, 3.05) is 12.8 Å². The topological polar surface area (TPSA) is 76.3 Å². The Bertz CT molecular complexity index is 556. The number of hydrogen-bond donors (Lipinski definition) is 0. The Morgan fingerprint density at radius 1 is 1.43 bits per heavy atom. The third kappa shape index (κ3) is 4.78. The van der Waals surface area contributed by atoms with Gasteiger partial charge in [-0.3, -0.25) is 4.90 Å². The third-order valence-corrected chi connectivity index (χ3v) is 4.84. The van der Waals surface area contributed by atoms with Crippen LogP contribution in [0.25, 0.3) is 0 Å². The second-order valence-electron chi connectivity index (χ2n) is 6.12. The van der Waals surface area contributed by atoms with Crippen LogP contribution in [0.1, 0.15) is 51.2 Å². The zero-order valence-corrected chi connectivity index (χ0v) is 13.9. The molecule has 0 aliphatic carbocycles. The molecular formula is C14H25N3O3S. The molecule has 2 heterocycles. The van der Waals surface area contributed by atoms with Gasteiger partial charge in [0, 0.05) is 12.3 Å². The highest BCUT2D eigenvalue weighted by Gasteiger charge is 2.29. The Morgan fingerprint density at radius 2 is 2.19 bits per heavy atom. The Labute approximate surface area is 126 Å². The van der Waals surface area contributed by atoms with Gasteiger partial charge in [0.2, 0.25) is 5.89 Å². The van der Waals surface area contributed by atoms with Crippen molar-refractivity contribution in [1.29, 1.82) is 0 Å². The van der Waals surface area contributed by atoms with Crippen LogP contribution in [0.2, 0.25) is 0 Å². The number of piperidine rings is 1. The van der Waals surface area contributed by atoms with Crippen LogP contribution in [0.5, 0.6) is 0 Å². The predicted octanol–water partition coefficient (Wildman–Crippen LogP) is 2.01. The van der Waals surface area contributed by atoms with Gasteiger partial charge in [-0.15, -0.1) is 0 Å². The zero-order valence-electron chi connectivity index (χ0n) is 13.1. The first-order valence-electron chi connectivity index (χ1n) is 7.62. The number of sulfone groups is 1. The normalized spacial score (nSPS) is 24.3. The monoisotopic (exact) mass is 315 g/mol. The first kappa shape index (κ1) is 16.4. The summed E-state index contributed by atoms with van der Waals surface area (Å²) in [6, 6.07) is 0.550. The van der Waals surface area contributed by atoms with Crippen molar-refractivity contribution in [2.24, 2.45) is 5.92 Å². The molecule has 2 rings (SSSR count). The maximum absolute atomic E-state index is 11.2. The van der Waals surface area contributed by atoms with Crippen molar-refractivity contribution in [3.8, 4) is 0 Å². The van der Waals surface area contributed by atoms with Crippen molar-refractivity contribution in [3.63, 3.8) is 0 Å². The van der Waals surface area contributed by atoms with E-state index in [1.807, 2.05) is 0 Å². The van der Waals surface area contributed by atoms with E-state index in [0.717, 1.165) is 13.0 Å². The molecule has 0 N–H and O–H groups in total. The van der Waals surface area contributed by atoms with Gasteiger partial charge in [0.15, 0.2) is 15.7 Å². The molecule has 120 valence electrons. The summed E-state index contributed by atoms with van der Waals surface area (Å²) < 4.78 is 27.7. The van der Waals surface area contributed by atoms with Gasteiger partial charge in [-0.05, 0) is 31.7 Å². The molecule has 1 fully saturated rings. The van der Waals surface area contributed by atoms with E-state index in [0.29, 0.717) is 24.4 Å². The van der Waals surface area contributed by atoms with E-state index >= 15 is 0 Å². The van der Waals surface area contributed by atoms with Crippen LogP contribution in [-0.4, -0.2) is 42.3 Å². The molecule has 1 aromatic rings. The molecule has 0 spiro atoms. The Morgan fingerprint density at radius 3 is 2.86 bits per heavy atom. The highest BCUT2D eigenvalue weighted by Crippen LogP contribution is 2.27. The van der Waals surface area contributed by atoms with Crippen LogP contribution in [-0.2, 0) is 22.1 Å². The summed E-state index contributed by atoms with van der Waals surface area (Å²) in [5, 5.41) is 3.77. The van der Waals surface area contributed by atoms with Crippen molar-refractivity contribution in [3.05, 3.63) is 11.7 Å². The summed E-state index contributed by atoms with van der Waals surface area (Å²) >= 11 is 0. The van der Waals surface area contributed by atoms with E-state index in [1.165, 1.54) is 25.5 Å². The molecule has 0 amide bonds. The van der Waals surface area contributed by atoms with E-state index in [9.17, 15) is 8.42 Å². The second-order valence-corrected chi connectivity index (χ2v) is 8.26. The number of aromatic nitrogens is 2. The molecule has 2 unspecified atom stereocenters. The summed E-state index contributed by atoms with van der Waals surface area (Å²) in [7, 11) is -3.12. The predicted molar refractivity (Wildman–Crippen MR) is 80.3 cm³/mol. The van der Waals surface area contributed by atoms with Crippen LogP contribution in [0, 0.1) is 5.92 Å². The number of nitrogens with zero attached hydrogens (tertiary/aromatic N) is 3. The van der Waals surface area contributed by atoms with Gasteiger partial charge in [0.25, 0.3) is 0 Å². The maximum Gasteiger partial charge on any atom is 0.240 e. The van der Waals surface area contributed by atoms with Crippen molar-refractivity contribution in [1.82, 2.24) is 15.0 Å². The van der Waals surface area contributed by atoms with Gasteiger partial charge in [-0.25, -0.2) is 8.42 Å². The highest BCUT2D eigenvalue weighted by atomic mass is 32.2. The van der Waals surface area contributed by atoms with Gasteiger partial charge in [-0.1, -0.05) is 25.4 Å². The molecule has 7 heteroatoms. The summed E-state index contributed by atoms with van der Waals surface area (Å²) in [4.78, 5) is 6.61. The van der Waals surface area contributed by atoms with Gasteiger partial charge in [0.05, 0.1) is 6.54 Å². The van der Waals surface area contributed by atoms with Crippen molar-refractivity contribution < 1.29 is 12.9 Å². The molecular weight excluding hydrogens is 290 g/mol. The molecule has 0 radical (unpaired) electrons. The summed E-state index contributed by atoms with van der Waals surface area (Å²) in [5.74, 6) is 1.29. The largest absolute Gasteiger partial charge is 0.338 e. The SMILES string of the molecule is CCCC1C(C)CCCN1Cc1nc(CS(C)(=O)=O)no1. The van der Waals surface area contributed by atoms with E-state index in [-0.39, 0.29) is 11.6 Å². The van der Waals surface area contributed by atoms with Crippen LogP contribution >= 0.6 is 0 Å². The van der Waals surface area contributed by atoms with Gasteiger partial charge in [-0.2, -0.15) is 4.98 Å². The van der Waals surface area contributed by atoms with Crippen molar-refractivity contribution >= 4 is 9.84 Å².